The van der Waals surface area contributed by atoms with Gasteiger partial charge in [-0.1, -0.05) is 30.3 Å². The zero-order chi connectivity index (χ0) is 26.1. The summed E-state index contributed by atoms with van der Waals surface area (Å²) in [5.74, 6) is 2.78. The van der Waals surface area contributed by atoms with Crippen LogP contribution in [0.3, 0.4) is 0 Å². The third-order valence-corrected chi connectivity index (χ3v) is 7.32. The summed E-state index contributed by atoms with van der Waals surface area (Å²) in [6.45, 7) is 10.5. The third-order valence-electron chi connectivity index (χ3n) is 7.32. The number of aryl methyl sites for hydroxylation is 2. The summed E-state index contributed by atoms with van der Waals surface area (Å²) in [5.41, 5.74) is 8.34. The van der Waals surface area contributed by atoms with Crippen LogP contribution < -0.4 is 14.2 Å². The van der Waals surface area contributed by atoms with Crippen molar-refractivity contribution in [2.75, 3.05) is 39.6 Å². The van der Waals surface area contributed by atoms with Crippen molar-refractivity contribution < 1.29 is 28.4 Å². The van der Waals surface area contributed by atoms with Gasteiger partial charge in [0.1, 0.15) is 55.4 Å². The molecule has 0 bridgehead atoms. The summed E-state index contributed by atoms with van der Waals surface area (Å²) in [7, 11) is 0. The van der Waals surface area contributed by atoms with Crippen LogP contribution in [-0.4, -0.2) is 58.0 Å². The van der Waals surface area contributed by atoms with Crippen molar-refractivity contribution in [1.82, 2.24) is 0 Å². The SMILES string of the molecule is Cc1ccc(Cc2cc(Cc3ccc(C)c(OCC4CO4)c3)c(C)c(OCC3CO3)c2)cc1OCC1CO1. The maximum absolute atomic E-state index is 6.24. The Kier molecular flexibility index (Phi) is 7.28. The minimum Gasteiger partial charge on any atom is -0.491 e. The molecule has 3 aliphatic heterocycles. The number of ether oxygens (including phenoxy) is 6. The standard InChI is InChI=1S/C32H36O6/c1-20-4-6-23(11-30(20)36-17-27-14-33-27)8-25-10-26(22(3)32(13-25)38-19-29-16-35-29)9-24-7-5-21(2)31(12-24)37-18-28-15-34-28/h4-7,10-13,27-29H,8-9,14-19H2,1-3H3. The lowest BCUT2D eigenvalue weighted by atomic mass is 9.94. The predicted molar refractivity (Wildman–Crippen MR) is 145 cm³/mol. The van der Waals surface area contributed by atoms with Crippen LogP contribution in [0.25, 0.3) is 0 Å². The maximum atomic E-state index is 6.24. The van der Waals surface area contributed by atoms with Gasteiger partial charge in [-0.2, -0.15) is 0 Å². The molecular weight excluding hydrogens is 480 g/mol. The van der Waals surface area contributed by atoms with E-state index in [0.717, 1.165) is 61.0 Å². The number of hydrogen-bond acceptors (Lipinski definition) is 6. The van der Waals surface area contributed by atoms with E-state index in [1.807, 2.05) is 0 Å². The summed E-state index contributed by atoms with van der Waals surface area (Å²) in [6.07, 6.45) is 2.28. The van der Waals surface area contributed by atoms with E-state index < -0.39 is 0 Å². The first-order chi connectivity index (χ1) is 18.5. The fourth-order valence-corrected chi connectivity index (χ4v) is 4.56. The molecule has 0 aromatic heterocycles. The Hall–Kier alpha value is -3.06. The molecule has 3 aromatic rings. The molecule has 6 rings (SSSR count). The summed E-state index contributed by atoms with van der Waals surface area (Å²) in [6, 6.07) is 17.5. The Labute approximate surface area is 224 Å². The molecule has 3 atom stereocenters. The van der Waals surface area contributed by atoms with Crippen molar-refractivity contribution in [3.8, 4) is 17.2 Å². The molecule has 3 saturated heterocycles. The smallest absolute Gasteiger partial charge is 0.122 e. The lowest BCUT2D eigenvalue weighted by Crippen LogP contribution is -2.08. The van der Waals surface area contributed by atoms with E-state index >= 15 is 0 Å². The molecular formula is C32H36O6. The first-order valence-corrected chi connectivity index (χ1v) is 13.5. The molecule has 200 valence electrons. The van der Waals surface area contributed by atoms with E-state index in [4.69, 9.17) is 28.4 Å². The summed E-state index contributed by atoms with van der Waals surface area (Å²) in [5, 5.41) is 0. The Morgan fingerprint density at radius 1 is 0.579 bits per heavy atom. The monoisotopic (exact) mass is 516 g/mol. The third kappa shape index (κ3) is 6.68. The zero-order valence-electron chi connectivity index (χ0n) is 22.5. The summed E-state index contributed by atoms with van der Waals surface area (Å²) >= 11 is 0. The van der Waals surface area contributed by atoms with Gasteiger partial charge in [-0.15, -0.1) is 0 Å². The van der Waals surface area contributed by atoms with Gasteiger partial charge in [0.25, 0.3) is 0 Å². The average Bonchev–Trinajstić information content (AvgIpc) is 3.74. The van der Waals surface area contributed by atoms with Gasteiger partial charge in [0.15, 0.2) is 0 Å². The zero-order valence-corrected chi connectivity index (χ0v) is 22.5. The Balaban J connectivity index is 1.24. The molecule has 0 N–H and O–H groups in total. The normalized spacial score (nSPS) is 21.2. The lowest BCUT2D eigenvalue weighted by Gasteiger charge is -2.17. The highest BCUT2D eigenvalue weighted by molar-refractivity contribution is 5.48. The topological polar surface area (TPSA) is 65.3 Å². The van der Waals surface area contributed by atoms with E-state index in [-0.39, 0.29) is 18.3 Å². The van der Waals surface area contributed by atoms with E-state index in [1.54, 1.807) is 0 Å². The summed E-state index contributed by atoms with van der Waals surface area (Å²) in [4.78, 5) is 0. The highest BCUT2D eigenvalue weighted by Crippen LogP contribution is 2.31. The van der Waals surface area contributed by atoms with Crippen LogP contribution in [-0.2, 0) is 27.1 Å². The van der Waals surface area contributed by atoms with Crippen LogP contribution in [0.2, 0.25) is 0 Å². The molecule has 0 saturated carbocycles. The average molecular weight is 517 g/mol. The fraction of sp³-hybridized carbons (Fsp3) is 0.438. The molecule has 3 fully saturated rings. The van der Waals surface area contributed by atoms with Gasteiger partial charge in [0.05, 0.1) is 19.8 Å². The predicted octanol–water partition coefficient (Wildman–Crippen LogP) is 5.13. The first kappa shape index (κ1) is 25.2. The number of benzene rings is 3. The Bertz CT molecular complexity index is 1290. The molecule has 0 radical (unpaired) electrons. The van der Waals surface area contributed by atoms with Crippen molar-refractivity contribution in [1.29, 1.82) is 0 Å². The van der Waals surface area contributed by atoms with E-state index in [1.165, 1.54) is 27.8 Å². The van der Waals surface area contributed by atoms with Gasteiger partial charge < -0.3 is 28.4 Å². The van der Waals surface area contributed by atoms with Crippen molar-refractivity contribution >= 4 is 0 Å². The molecule has 38 heavy (non-hydrogen) atoms. The quantitative estimate of drug-likeness (QED) is 0.294. The second kappa shape index (κ2) is 11.0. The van der Waals surface area contributed by atoms with E-state index in [2.05, 4.69) is 69.3 Å². The van der Waals surface area contributed by atoms with Crippen LogP contribution in [0.5, 0.6) is 17.2 Å². The van der Waals surface area contributed by atoms with Gasteiger partial charge >= 0.3 is 0 Å². The number of hydrogen-bond donors (Lipinski definition) is 0. The van der Waals surface area contributed by atoms with Crippen molar-refractivity contribution in [3.05, 3.63) is 87.5 Å². The minimum atomic E-state index is 0.209. The number of epoxide rings is 3. The van der Waals surface area contributed by atoms with Crippen LogP contribution >= 0.6 is 0 Å². The van der Waals surface area contributed by atoms with Gasteiger partial charge in [-0.05, 0) is 90.8 Å². The highest BCUT2D eigenvalue weighted by atomic mass is 16.6. The molecule has 3 unspecified atom stereocenters. The van der Waals surface area contributed by atoms with E-state index in [0.29, 0.717) is 19.8 Å². The molecule has 0 amide bonds. The second-order valence-corrected chi connectivity index (χ2v) is 10.7. The van der Waals surface area contributed by atoms with Gasteiger partial charge in [-0.25, -0.2) is 0 Å². The maximum Gasteiger partial charge on any atom is 0.122 e. The largest absolute Gasteiger partial charge is 0.491 e. The van der Waals surface area contributed by atoms with Gasteiger partial charge in [0, 0.05) is 0 Å². The van der Waals surface area contributed by atoms with Crippen LogP contribution in [0, 0.1) is 20.8 Å². The van der Waals surface area contributed by atoms with Crippen molar-refractivity contribution in [3.63, 3.8) is 0 Å². The minimum absolute atomic E-state index is 0.209. The molecule has 3 aromatic carbocycles. The Morgan fingerprint density at radius 3 is 1.53 bits per heavy atom. The lowest BCUT2D eigenvalue weighted by molar-refractivity contribution is 0.261. The molecule has 3 heterocycles. The highest BCUT2D eigenvalue weighted by Gasteiger charge is 2.25. The molecule has 6 nitrogen and oxygen atoms in total. The molecule has 6 heteroatoms. The first-order valence-electron chi connectivity index (χ1n) is 13.5. The van der Waals surface area contributed by atoms with Gasteiger partial charge in [0.2, 0.25) is 0 Å². The molecule has 0 spiro atoms. The summed E-state index contributed by atoms with van der Waals surface area (Å²) < 4.78 is 34.3. The van der Waals surface area contributed by atoms with Crippen LogP contribution in [0.1, 0.15) is 38.9 Å². The van der Waals surface area contributed by atoms with Crippen molar-refractivity contribution in [2.45, 2.75) is 51.9 Å². The molecule has 0 aliphatic carbocycles. The molecule has 3 aliphatic rings. The van der Waals surface area contributed by atoms with Crippen LogP contribution in [0.4, 0.5) is 0 Å². The number of rotatable bonds is 13. The fourth-order valence-electron chi connectivity index (χ4n) is 4.56. The van der Waals surface area contributed by atoms with E-state index in [9.17, 15) is 0 Å². The van der Waals surface area contributed by atoms with Crippen LogP contribution in [0.15, 0.2) is 48.5 Å². The second-order valence-electron chi connectivity index (χ2n) is 10.7. The van der Waals surface area contributed by atoms with Crippen molar-refractivity contribution in [2.24, 2.45) is 0 Å². The Morgan fingerprint density at radius 2 is 1.03 bits per heavy atom. The van der Waals surface area contributed by atoms with Gasteiger partial charge in [-0.3, -0.25) is 0 Å².